The van der Waals surface area contributed by atoms with Crippen LogP contribution < -0.4 is 4.74 Å². The summed E-state index contributed by atoms with van der Waals surface area (Å²) in [6.07, 6.45) is 0.776. The van der Waals surface area contributed by atoms with Crippen molar-refractivity contribution < 1.29 is 9.53 Å². The fourth-order valence-corrected chi connectivity index (χ4v) is 1.46. The molecule has 1 aromatic rings. The molecular formula is C14H17NO2. The molecule has 90 valence electrons. The lowest BCUT2D eigenvalue weighted by Gasteiger charge is -2.18. The molecule has 1 rings (SSSR count). The van der Waals surface area contributed by atoms with E-state index in [9.17, 15) is 4.79 Å². The van der Waals surface area contributed by atoms with E-state index in [0.29, 0.717) is 11.3 Å². The second kappa shape index (κ2) is 5.01. The molecule has 1 aromatic carbocycles. The largest absolute Gasteiger partial charge is 0.490 e. The average molecular weight is 231 g/mol. The second-order valence-corrected chi connectivity index (χ2v) is 4.77. The van der Waals surface area contributed by atoms with E-state index in [1.807, 2.05) is 33.8 Å². The molecule has 0 heterocycles. The van der Waals surface area contributed by atoms with Gasteiger partial charge in [0.2, 0.25) is 0 Å². The molecule has 3 nitrogen and oxygen atoms in total. The van der Waals surface area contributed by atoms with Crippen LogP contribution in [0.25, 0.3) is 0 Å². The number of nitriles is 1. The van der Waals surface area contributed by atoms with Crippen LogP contribution in [0.4, 0.5) is 0 Å². The zero-order valence-electron chi connectivity index (χ0n) is 10.7. The third-order valence-electron chi connectivity index (χ3n) is 2.50. The van der Waals surface area contributed by atoms with Crippen LogP contribution in [0.2, 0.25) is 0 Å². The molecule has 0 aromatic heterocycles. The summed E-state index contributed by atoms with van der Waals surface area (Å²) in [5.74, 6) is 0.562. The quantitative estimate of drug-likeness (QED) is 0.748. The third-order valence-corrected chi connectivity index (χ3v) is 2.50. The van der Waals surface area contributed by atoms with Crippen molar-refractivity contribution in [2.24, 2.45) is 0 Å². The number of aldehydes is 1. The van der Waals surface area contributed by atoms with Gasteiger partial charge in [-0.3, -0.25) is 4.79 Å². The molecule has 0 saturated carbocycles. The molecular weight excluding hydrogens is 214 g/mol. The minimum Gasteiger partial charge on any atom is -0.490 e. The number of ether oxygens (including phenoxy) is 1. The van der Waals surface area contributed by atoms with Crippen molar-refractivity contribution in [1.29, 1.82) is 5.26 Å². The van der Waals surface area contributed by atoms with Gasteiger partial charge in [-0.15, -0.1) is 0 Å². The van der Waals surface area contributed by atoms with E-state index < -0.39 is 5.41 Å². The maximum absolute atomic E-state index is 11.0. The molecule has 0 aliphatic rings. The van der Waals surface area contributed by atoms with Crippen LogP contribution in [-0.4, -0.2) is 12.4 Å². The van der Waals surface area contributed by atoms with Crippen LogP contribution in [0.3, 0.4) is 0 Å². The Morgan fingerprint density at radius 1 is 1.41 bits per heavy atom. The third kappa shape index (κ3) is 3.07. The van der Waals surface area contributed by atoms with Crippen LogP contribution in [0.15, 0.2) is 18.2 Å². The molecule has 0 aliphatic carbocycles. The Labute approximate surface area is 102 Å². The molecule has 0 radical (unpaired) electrons. The maximum atomic E-state index is 11.0. The van der Waals surface area contributed by atoms with E-state index in [1.165, 1.54) is 0 Å². The number of hydrogen-bond donors (Lipinski definition) is 0. The maximum Gasteiger partial charge on any atom is 0.153 e. The summed E-state index contributed by atoms with van der Waals surface area (Å²) in [4.78, 5) is 11.0. The van der Waals surface area contributed by atoms with Gasteiger partial charge in [0, 0.05) is 0 Å². The molecule has 3 heteroatoms. The van der Waals surface area contributed by atoms with Gasteiger partial charge in [-0.2, -0.15) is 5.26 Å². The fourth-order valence-electron chi connectivity index (χ4n) is 1.46. The normalized spacial score (nSPS) is 11.1. The summed E-state index contributed by atoms with van der Waals surface area (Å²) < 4.78 is 5.52. The van der Waals surface area contributed by atoms with Crippen molar-refractivity contribution in [3.8, 4) is 11.8 Å². The predicted molar refractivity (Wildman–Crippen MR) is 66.2 cm³/mol. The molecule has 0 atom stereocenters. The van der Waals surface area contributed by atoms with Crippen molar-refractivity contribution in [3.63, 3.8) is 0 Å². The highest BCUT2D eigenvalue weighted by Crippen LogP contribution is 2.27. The van der Waals surface area contributed by atoms with Crippen LogP contribution in [0.5, 0.6) is 5.75 Å². The number of carbonyl (C=O) groups excluding carboxylic acids is 1. The topological polar surface area (TPSA) is 50.1 Å². The molecule has 0 unspecified atom stereocenters. The first-order chi connectivity index (χ1) is 7.90. The van der Waals surface area contributed by atoms with Gasteiger partial charge in [-0.1, -0.05) is 6.07 Å². The average Bonchev–Trinajstić information content (AvgIpc) is 2.28. The van der Waals surface area contributed by atoms with Gasteiger partial charge < -0.3 is 4.74 Å². The van der Waals surface area contributed by atoms with Crippen molar-refractivity contribution in [1.82, 2.24) is 0 Å². The Balaban J connectivity index is 3.18. The van der Waals surface area contributed by atoms with E-state index >= 15 is 0 Å². The van der Waals surface area contributed by atoms with Gasteiger partial charge in [-0.05, 0) is 45.4 Å². The summed E-state index contributed by atoms with van der Waals surface area (Å²) in [6.45, 7) is 7.45. The molecule has 0 N–H and O–H groups in total. The zero-order valence-corrected chi connectivity index (χ0v) is 10.7. The van der Waals surface area contributed by atoms with Gasteiger partial charge in [0.05, 0.1) is 23.2 Å². The van der Waals surface area contributed by atoms with Crippen molar-refractivity contribution in [3.05, 3.63) is 29.3 Å². The second-order valence-electron chi connectivity index (χ2n) is 4.77. The Bertz CT molecular complexity index is 456. The van der Waals surface area contributed by atoms with Crippen LogP contribution in [-0.2, 0) is 5.41 Å². The molecule has 0 saturated heterocycles. The lowest BCUT2D eigenvalue weighted by Crippen LogP contribution is -2.15. The summed E-state index contributed by atoms with van der Waals surface area (Å²) >= 11 is 0. The highest BCUT2D eigenvalue weighted by molar-refractivity contribution is 5.80. The van der Waals surface area contributed by atoms with Gasteiger partial charge in [0.15, 0.2) is 6.29 Å². The SMILES string of the molecule is CC(C)Oc1ccc(C(C)(C)C#N)cc1C=O. The highest BCUT2D eigenvalue weighted by atomic mass is 16.5. The molecule has 0 bridgehead atoms. The molecule has 0 spiro atoms. The Hall–Kier alpha value is -1.82. The summed E-state index contributed by atoms with van der Waals surface area (Å²) in [5, 5.41) is 9.06. The lowest BCUT2D eigenvalue weighted by atomic mass is 9.85. The van der Waals surface area contributed by atoms with E-state index in [0.717, 1.165) is 11.8 Å². The van der Waals surface area contributed by atoms with Crippen molar-refractivity contribution in [2.45, 2.75) is 39.2 Å². The van der Waals surface area contributed by atoms with Crippen molar-refractivity contribution in [2.75, 3.05) is 0 Å². The van der Waals surface area contributed by atoms with Gasteiger partial charge >= 0.3 is 0 Å². The summed E-state index contributed by atoms with van der Waals surface area (Å²) in [6, 6.07) is 7.50. The van der Waals surface area contributed by atoms with E-state index in [2.05, 4.69) is 6.07 Å². The first-order valence-electron chi connectivity index (χ1n) is 5.58. The van der Waals surface area contributed by atoms with Crippen LogP contribution in [0, 0.1) is 11.3 Å². The van der Waals surface area contributed by atoms with Gasteiger partial charge in [0.1, 0.15) is 5.75 Å². The van der Waals surface area contributed by atoms with E-state index in [1.54, 1.807) is 12.1 Å². The van der Waals surface area contributed by atoms with Crippen molar-refractivity contribution >= 4 is 6.29 Å². The number of hydrogen-bond acceptors (Lipinski definition) is 3. The number of nitrogens with zero attached hydrogens (tertiary/aromatic N) is 1. The van der Waals surface area contributed by atoms with Crippen LogP contribution in [0.1, 0.15) is 43.6 Å². The minimum absolute atomic E-state index is 0.0172. The van der Waals surface area contributed by atoms with Gasteiger partial charge in [0.25, 0.3) is 0 Å². The number of benzene rings is 1. The number of carbonyl (C=O) groups is 1. The van der Waals surface area contributed by atoms with E-state index in [-0.39, 0.29) is 6.10 Å². The van der Waals surface area contributed by atoms with E-state index in [4.69, 9.17) is 10.00 Å². The summed E-state index contributed by atoms with van der Waals surface area (Å²) in [7, 11) is 0. The Kier molecular flexibility index (Phi) is 3.90. The zero-order chi connectivity index (χ0) is 13.1. The highest BCUT2D eigenvalue weighted by Gasteiger charge is 2.21. The van der Waals surface area contributed by atoms with Gasteiger partial charge in [-0.25, -0.2) is 0 Å². The lowest BCUT2D eigenvalue weighted by molar-refractivity contribution is 0.111. The molecule has 0 fully saturated rings. The first kappa shape index (κ1) is 13.2. The molecule has 0 amide bonds. The molecule has 17 heavy (non-hydrogen) atoms. The monoisotopic (exact) mass is 231 g/mol. The molecule has 0 aliphatic heterocycles. The van der Waals surface area contributed by atoms with Crippen LogP contribution >= 0.6 is 0 Å². The summed E-state index contributed by atoms with van der Waals surface area (Å²) in [5.41, 5.74) is 0.700. The smallest absolute Gasteiger partial charge is 0.153 e. The Morgan fingerprint density at radius 2 is 2.06 bits per heavy atom. The number of rotatable bonds is 4. The Morgan fingerprint density at radius 3 is 2.53 bits per heavy atom. The standard InChI is InChI=1S/C14H17NO2/c1-10(2)17-13-6-5-12(7-11(13)8-16)14(3,4)9-15/h5-8,10H,1-4H3. The first-order valence-corrected chi connectivity index (χ1v) is 5.58. The fraction of sp³-hybridized carbons (Fsp3) is 0.429. The predicted octanol–water partition coefficient (Wildman–Crippen LogP) is 3.09. The minimum atomic E-state index is -0.603.